The molecule has 0 atom stereocenters. The molecule has 1 fully saturated rings. The molecule has 0 spiro atoms. The van der Waals surface area contributed by atoms with Gasteiger partial charge in [-0.05, 0) is 31.9 Å². The van der Waals surface area contributed by atoms with Gasteiger partial charge in [0.15, 0.2) is 5.16 Å². The lowest BCUT2D eigenvalue weighted by atomic mass is 9.95. The zero-order valence-corrected chi connectivity index (χ0v) is 15.9. The molecule has 136 valence electrons. The van der Waals surface area contributed by atoms with Crippen molar-refractivity contribution in [3.8, 4) is 0 Å². The molecule has 0 amide bonds. The van der Waals surface area contributed by atoms with E-state index in [2.05, 4.69) is 16.5 Å². The molecule has 3 aromatic rings. The van der Waals surface area contributed by atoms with E-state index in [9.17, 15) is 4.79 Å². The third kappa shape index (κ3) is 3.30. The maximum absolute atomic E-state index is 13.2. The largest absolute Gasteiger partial charge is 0.335 e. The molecule has 0 saturated heterocycles. The van der Waals surface area contributed by atoms with Crippen LogP contribution < -0.4 is 5.56 Å². The Labute approximate surface area is 157 Å². The fourth-order valence-corrected chi connectivity index (χ4v) is 4.82. The predicted octanol–water partition coefficient (Wildman–Crippen LogP) is 4.41. The molecule has 2 aromatic heterocycles. The summed E-state index contributed by atoms with van der Waals surface area (Å²) in [5.41, 5.74) is 0.884. The smallest absolute Gasteiger partial charge is 0.262 e. The molecular weight excluding hydrogens is 344 g/mol. The normalized spacial score (nSPS) is 15.6. The fraction of sp³-hybridized carbons (Fsp3) is 0.450. The first-order chi connectivity index (χ1) is 12.8. The minimum absolute atomic E-state index is 0.101. The van der Waals surface area contributed by atoms with E-state index in [4.69, 9.17) is 4.98 Å². The van der Waals surface area contributed by atoms with E-state index in [1.54, 1.807) is 11.8 Å². The Bertz CT molecular complexity index is 956. The molecule has 0 unspecified atom stereocenters. The zero-order chi connectivity index (χ0) is 17.9. The second-order valence-corrected chi connectivity index (χ2v) is 7.74. The van der Waals surface area contributed by atoms with Crippen LogP contribution in [0, 0.1) is 0 Å². The van der Waals surface area contributed by atoms with Gasteiger partial charge in [0.2, 0.25) is 0 Å². The molecule has 6 heteroatoms. The Morgan fingerprint density at radius 3 is 2.81 bits per heavy atom. The van der Waals surface area contributed by atoms with Crippen molar-refractivity contribution in [2.45, 2.75) is 62.5 Å². The monoisotopic (exact) mass is 368 g/mol. The van der Waals surface area contributed by atoms with Crippen molar-refractivity contribution in [1.29, 1.82) is 0 Å². The summed E-state index contributed by atoms with van der Waals surface area (Å²) in [7, 11) is 0. The number of fused-ring (bicyclic) bond motifs is 1. The highest BCUT2D eigenvalue weighted by Gasteiger charge is 2.22. The van der Waals surface area contributed by atoms with Crippen LogP contribution in [0.2, 0.25) is 0 Å². The minimum Gasteiger partial charge on any atom is -0.335 e. The van der Waals surface area contributed by atoms with Crippen LogP contribution in [0.4, 0.5) is 0 Å². The first-order valence-electron chi connectivity index (χ1n) is 9.42. The van der Waals surface area contributed by atoms with Crippen LogP contribution >= 0.6 is 11.8 Å². The molecule has 5 nitrogen and oxygen atoms in total. The summed E-state index contributed by atoms with van der Waals surface area (Å²) in [6.45, 7) is 3.01. The molecular formula is C20H24N4OS. The van der Waals surface area contributed by atoms with Gasteiger partial charge in [0.05, 0.1) is 16.7 Å². The molecule has 0 N–H and O–H groups in total. The van der Waals surface area contributed by atoms with Crippen molar-refractivity contribution in [3.05, 3.63) is 52.8 Å². The lowest BCUT2D eigenvalue weighted by Crippen LogP contribution is -2.29. The predicted molar refractivity (Wildman–Crippen MR) is 106 cm³/mol. The van der Waals surface area contributed by atoms with Crippen molar-refractivity contribution in [2.24, 2.45) is 0 Å². The van der Waals surface area contributed by atoms with Crippen molar-refractivity contribution < 1.29 is 0 Å². The summed E-state index contributed by atoms with van der Waals surface area (Å²) in [6.07, 6.45) is 9.61. The average molecular weight is 369 g/mol. The molecule has 0 aliphatic heterocycles. The van der Waals surface area contributed by atoms with Gasteiger partial charge < -0.3 is 4.57 Å². The summed E-state index contributed by atoms with van der Waals surface area (Å²) < 4.78 is 4.10. The Kier molecular flexibility index (Phi) is 5.11. The van der Waals surface area contributed by atoms with Crippen molar-refractivity contribution >= 4 is 22.7 Å². The number of hydrogen-bond donors (Lipinski definition) is 0. The number of imidazole rings is 1. The van der Waals surface area contributed by atoms with Gasteiger partial charge in [-0.25, -0.2) is 9.97 Å². The number of rotatable bonds is 5. The van der Waals surface area contributed by atoms with Crippen LogP contribution in [0.3, 0.4) is 0 Å². The van der Waals surface area contributed by atoms with E-state index in [-0.39, 0.29) is 11.6 Å². The maximum atomic E-state index is 13.2. The van der Waals surface area contributed by atoms with Crippen LogP contribution in [0.1, 0.15) is 50.9 Å². The molecule has 4 rings (SSSR count). The second kappa shape index (κ2) is 7.66. The van der Waals surface area contributed by atoms with Gasteiger partial charge >= 0.3 is 0 Å². The molecule has 0 bridgehead atoms. The second-order valence-electron chi connectivity index (χ2n) is 6.80. The number of aryl methyl sites for hydroxylation is 1. The molecule has 1 aromatic carbocycles. The molecule has 0 radical (unpaired) electrons. The number of benzene rings is 1. The van der Waals surface area contributed by atoms with E-state index in [0.717, 1.165) is 47.0 Å². The van der Waals surface area contributed by atoms with E-state index >= 15 is 0 Å². The molecule has 1 saturated carbocycles. The van der Waals surface area contributed by atoms with Gasteiger partial charge in [-0.15, -0.1) is 0 Å². The lowest BCUT2D eigenvalue weighted by molar-refractivity contribution is 0.326. The number of hydrogen-bond acceptors (Lipinski definition) is 4. The highest BCUT2D eigenvalue weighted by atomic mass is 32.2. The highest BCUT2D eigenvalue weighted by molar-refractivity contribution is 7.98. The van der Waals surface area contributed by atoms with Gasteiger partial charge in [-0.1, -0.05) is 43.2 Å². The number of aromatic nitrogens is 4. The van der Waals surface area contributed by atoms with Crippen LogP contribution in [-0.2, 0) is 12.3 Å². The van der Waals surface area contributed by atoms with Crippen LogP contribution in [0.25, 0.3) is 10.9 Å². The topological polar surface area (TPSA) is 52.7 Å². The first-order valence-corrected chi connectivity index (χ1v) is 10.4. The van der Waals surface area contributed by atoms with Crippen molar-refractivity contribution in [1.82, 2.24) is 19.1 Å². The van der Waals surface area contributed by atoms with Gasteiger partial charge in [0.25, 0.3) is 5.56 Å². The molecule has 1 aliphatic rings. The van der Waals surface area contributed by atoms with E-state index < -0.39 is 0 Å². The quantitative estimate of drug-likeness (QED) is 0.494. The summed E-state index contributed by atoms with van der Waals surface area (Å²) in [6, 6.07) is 7.95. The lowest BCUT2D eigenvalue weighted by Gasteiger charge is -2.26. The van der Waals surface area contributed by atoms with Crippen LogP contribution in [-0.4, -0.2) is 19.1 Å². The summed E-state index contributed by atoms with van der Waals surface area (Å²) in [5.74, 6) is 1.74. The number of para-hydroxylation sites is 1. The fourth-order valence-electron chi connectivity index (χ4n) is 3.79. The molecule has 1 aliphatic carbocycles. The van der Waals surface area contributed by atoms with Gasteiger partial charge in [0, 0.05) is 25.0 Å². The molecule has 26 heavy (non-hydrogen) atoms. The Morgan fingerprint density at radius 1 is 1.19 bits per heavy atom. The Hall–Kier alpha value is -2.08. The third-order valence-electron chi connectivity index (χ3n) is 5.19. The third-order valence-corrected chi connectivity index (χ3v) is 6.14. The van der Waals surface area contributed by atoms with Gasteiger partial charge in [0.1, 0.15) is 5.82 Å². The minimum atomic E-state index is 0.101. The summed E-state index contributed by atoms with van der Waals surface area (Å²) in [4.78, 5) is 22.5. The Balaban J connectivity index is 1.74. The van der Waals surface area contributed by atoms with Crippen molar-refractivity contribution in [3.63, 3.8) is 0 Å². The number of thioether (sulfide) groups is 1. The van der Waals surface area contributed by atoms with E-state index in [1.807, 2.05) is 41.2 Å². The summed E-state index contributed by atoms with van der Waals surface area (Å²) >= 11 is 1.63. The Morgan fingerprint density at radius 2 is 2.00 bits per heavy atom. The maximum Gasteiger partial charge on any atom is 0.262 e. The first kappa shape index (κ1) is 17.3. The van der Waals surface area contributed by atoms with Gasteiger partial charge in [-0.2, -0.15) is 0 Å². The standard InChI is InChI=1S/C20H24N4OS/c1-2-23-13-12-21-18(23)14-26-20-22-17-11-7-6-10-16(17)19(25)24(20)15-8-4-3-5-9-15/h6-7,10-13,15H,2-5,8-9,14H2,1H3. The summed E-state index contributed by atoms with van der Waals surface area (Å²) in [5, 5.41) is 1.55. The van der Waals surface area contributed by atoms with E-state index in [0.29, 0.717) is 0 Å². The molecule has 2 heterocycles. The van der Waals surface area contributed by atoms with Crippen LogP contribution in [0.15, 0.2) is 46.6 Å². The average Bonchev–Trinajstić information content (AvgIpc) is 3.15. The van der Waals surface area contributed by atoms with Crippen LogP contribution in [0.5, 0.6) is 0 Å². The van der Waals surface area contributed by atoms with Gasteiger partial charge in [-0.3, -0.25) is 9.36 Å². The van der Waals surface area contributed by atoms with Crippen molar-refractivity contribution in [2.75, 3.05) is 0 Å². The number of nitrogens with zero attached hydrogens (tertiary/aromatic N) is 4. The van der Waals surface area contributed by atoms with E-state index in [1.165, 1.54) is 19.3 Å². The SMILES string of the molecule is CCn1ccnc1CSc1nc2ccccc2c(=O)n1C1CCCCC1. The highest BCUT2D eigenvalue weighted by Crippen LogP contribution is 2.31. The zero-order valence-electron chi connectivity index (χ0n) is 15.1.